The van der Waals surface area contributed by atoms with Crippen molar-refractivity contribution in [1.82, 2.24) is 0 Å². The van der Waals surface area contributed by atoms with Gasteiger partial charge in [0.05, 0.1) is 0 Å². The number of hydrogen-bond donors (Lipinski definition) is 0. The van der Waals surface area contributed by atoms with Crippen molar-refractivity contribution < 1.29 is 68.6 Å². The number of hydrogen-bond acceptors (Lipinski definition) is 4. The van der Waals surface area contributed by atoms with E-state index in [1.165, 1.54) is 0 Å². The van der Waals surface area contributed by atoms with E-state index in [1.54, 1.807) is 0 Å². The smallest absolute Gasteiger partial charge is 0 e. The molecule has 5 radical (unpaired) electrons. The van der Waals surface area contributed by atoms with Crippen molar-refractivity contribution in [2.24, 2.45) is 0 Å². The summed E-state index contributed by atoms with van der Waals surface area (Å²) >= 11 is 0. The van der Waals surface area contributed by atoms with E-state index in [4.69, 9.17) is 19.2 Å². The van der Waals surface area contributed by atoms with E-state index in [0.29, 0.717) is 0 Å². The first-order chi connectivity index (χ1) is 2.00. The maximum Gasteiger partial charge on any atom is 0 e. The molecule has 0 N–H and O–H groups in total. The van der Waals surface area contributed by atoms with Gasteiger partial charge < -0.3 is 28.2 Å². The molecule has 0 aromatic heterocycles. The zero-order valence-electron chi connectivity index (χ0n) is 3.93. The third-order valence-corrected chi connectivity index (χ3v) is 0. The minimum Gasteiger partial charge on any atom is -0.894 e. The van der Waals surface area contributed by atoms with Crippen molar-refractivity contribution in [3.63, 3.8) is 0 Å². The second kappa shape index (κ2) is 11.7. The summed E-state index contributed by atoms with van der Waals surface area (Å²) in [4.78, 5) is 34.3. The molecule has 0 bridgehead atoms. The molecule has 0 atom stereocenters. The molecule has 0 saturated heterocycles. The first kappa shape index (κ1) is 23.0. The summed E-state index contributed by atoms with van der Waals surface area (Å²) in [6, 6.07) is 0. The predicted molar refractivity (Wildman–Crippen MR) is 17.3 cm³/mol. The minimum absolute atomic E-state index is 0. The summed E-state index contributed by atoms with van der Waals surface area (Å²) in [6.07, 6.45) is 0. The number of rotatable bonds is 0. The fourth-order valence-corrected chi connectivity index (χ4v) is 0. The van der Waals surface area contributed by atoms with Gasteiger partial charge in [0, 0.05) is 144 Å². The van der Waals surface area contributed by atoms with Gasteiger partial charge in [-0.25, -0.2) is 0 Å². The van der Waals surface area contributed by atoms with E-state index in [1.807, 2.05) is 0 Å². The molecular formula is BaEuO4SiSr-4. The van der Waals surface area contributed by atoms with Crippen molar-refractivity contribution in [3.05, 3.63) is 0 Å². The summed E-state index contributed by atoms with van der Waals surface area (Å²) in [6.45, 7) is 0. The van der Waals surface area contributed by atoms with Crippen LogP contribution >= 0.6 is 0 Å². The molecule has 0 aliphatic carbocycles. The van der Waals surface area contributed by atoms with Gasteiger partial charge in [-0.3, -0.25) is 0 Å². The van der Waals surface area contributed by atoms with Gasteiger partial charge in [0.15, 0.2) is 0 Å². The molecule has 0 aliphatic rings. The molecule has 0 aromatic rings. The van der Waals surface area contributed by atoms with E-state index in [9.17, 15) is 0 Å². The van der Waals surface area contributed by atoms with Crippen molar-refractivity contribution in [1.29, 1.82) is 0 Å². The van der Waals surface area contributed by atoms with E-state index >= 15 is 0 Å². The van der Waals surface area contributed by atoms with Crippen LogP contribution in [0.4, 0.5) is 0 Å². The molecule has 0 aromatic carbocycles. The van der Waals surface area contributed by atoms with Crippen LogP contribution in [0, 0.1) is 49.4 Å². The average Bonchev–Trinajstić information content (AvgIpc) is 0.722. The summed E-state index contributed by atoms with van der Waals surface area (Å²) < 4.78 is 0. The van der Waals surface area contributed by atoms with E-state index < -0.39 is 9.05 Å². The Labute approximate surface area is 166 Å². The van der Waals surface area contributed by atoms with Gasteiger partial charge in [-0.1, -0.05) is 0 Å². The maximum absolute atomic E-state index is 8.58. The molecule has 0 unspecified atom stereocenters. The molecule has 0 saturated carbocycles. The second-order valence-corrected chi connectivity index (χ2v) is 1.50. The Hall–Kier alpha value is 4.69. The molecule has 0 fully saturated rings. The molecule has 8 heteroatoms. The monoisotopic (exact) mass is 471 g/mol. The zero-order chi connectivity index (χ0) is 4.50. The third kappa shape index (κ3) is 45.6. The normalized spacial score (nSPS) is 7.50. The van der Waals surface area contributed by atoms with Crippen LogP contribution in [0.1, 0.15) is 0 Å². The van der Waals surface area contributed by atoms with Gasteiger partial charge in [-0.15, -0.1) is 0 Å². The second-order valence-electron chi connectivity index (χ2n) is 0.500. The quantitative estimate of drug-likeness (QED) is 0.331. The SMILES string of the molecule is [Ba].[Eu].[O-][Si]([O-])([O-])[O-].[Sr]. The van der Waals surface area contributed by atoms with Crippen molar-refractivity contribution in [2.75, 3.05) is 0 Å². The molecule has 8 heavy (non-hydrogen) atoms. The Morgan fingerprint density at radius 2 is 0.875 bits per heavy atom. The minimum atomic E-state index is -5.61. The first-order valence-corrected chi connectivity index (χ1v) is 2.45. The van der Waals surface area contributed by atoms with E-state index in [-0.39, 0.29) is 144 Å². The van der Waals surface area contributed by atoms with Crippen LogP contribution in [0.3, 0.4) is 0 Å². The molecule has 0 spiro atoms. The van der Waals surface area contributed by atoms with Gasteiger partial charge in [0.25, 0.3) is 0 Å². The third-order valence-electron chi connectivity index (χ3n) is 0. The van der Waals surface area contributed by atoms with Gasteiger partial charge in [-0.2, -0.15) is 0 Å². The van der Waals surface area contributed by atoms with Crippen molar-refractivity contribution in [3.8, 4) is 0 Å². The average molecular weight is 469 g/mol. The van der Waals surface area contributed by atoms with Gasteiger partial charge in [-0.05, 0) is 0 Å². The van der Waals surface area contributed by atoms with Crippen LogP contribution in [0.5, 0.6) is 0 Å². The van der Waals surface area contributed by atoms with Crippen LogP contribution in [0.15, 0.2) is 0 Å². The molecule has 43 valence electrons. The fraction of sp³-hybridized carbons (Fsp3) is 0. The van der Waals surface area contributed by atoms with Gasteiger partial charge in [0.1, 0.15) is 0 Å². The summed E-state index contributed by atoms with van der Waals surface area (Å²) in [5, 5.41) is 0. The Morgan fingerprint density at radius 1 is 0.875 bits per heavy atom. The molecule has 4 nitrogen and oxygen atoms in total. The van der Waals surface area contributed by atoms with Crippen molar-refractivity contribution in [2.45, 2.75) is 0 Å². The largest absolute Gasteiger partial charge is 0.894 e. The van der Waals surface area contributed by atoms with Crippen LogP contribution in [-0.2, 0) is 0 Å². The Balaban J connectivity index is -0.0000000267. The van der Waals surface area contributed by atoms with Gasteiger partial charge >= 0.3 is 0 Å². The Bertz CT molecular complexity index is 31.5. The molecular weight excluding hydrogens is 469 g/mol. The summed E-state index contributed by atoms with van der Waals surface area (Å²) in [5.74, 6) is 0. The molecule has 0 amide bonds. The van der Waals surface area contributed by atoms with Crippen LogP contribution in [-0.4, -0.2) is 103 Å². The molecule has 0 aliphatic heterocycles. The standard InChI is InChI=1S/Ba.Eu.O4Si.Sr/c;;1-5(2,3)4;/q;;-4;. The topological polar surface area (TPSA) is 92.2 Å². The zero-order valence-corrected chi connectivity index (χ0v) is 15.3. The molecule has 0 heterocycles. The molecule has 0 rings (SSSR count). The van der Waals surface area contributed by atoms with Crippen LogP contribution < -0.4 is 19.2 Å². The van der Waals surface area contributed by atoms with E-state index in [0.717, 1.165) is 0 Å². The van der Waals surface area contributed by atoms with E-state index in [2.05, 4.69) is 0 Å². The maximum atomic E-state index is 8.58. The van der Waals surface area contributed by atoms with Gasteiger partial charge in [0.2, 0.25) is 0 Å². The fourth-order valence-electron chi connectivity index (χ4n) is 0. The van der Waals surface area contributed by atoms with Crippen molar-refractivity contribution >= 4 is 103 Å². The van der Waals surface area contributed by atoms with Crippen LogP contribution in [0.25, 0.3) is 0 Å². The summed E-state index contributed by atoms with van der Waals surface area (Å²) in [7, 11) is -5.61. The van der Waals surface area contributed by atoms with Crippen LogP contribution in [0.2, 0.25) is 0 Å². The predicted octanol–water partition coefficient (Wildman–Crippen LogP) is -5.90. The Kier molecular flexibility index (Phi) is 33.6. The first-order valence-electron chi connectivity index (χ1n) is 0.816. The Morgan fingerprint density at radius 3 is 0.875 bits per heavy atom. The summed E-state index contributed by atoms with van der Waals surface area (Å²) in [5.41, 5.74) is 0.